The molecule has 0 unspecified atom stereocenters. The van der Waals surface area contributed by atoms with Crippen molar-refractivity contribution in [2.75, 3.05) is 0 Å². The van der Waals surface area contributed by atoms with E-state index < -0.39 is 0 Å². The highest BCUT2D eigenvalue weighted by molar-refractivity contribution is 9.10. The van der Waals surface area contributed by atoms with E-state index in [2.05, 4.69) is 15.9 Å². The van der Waals surface area contributed by atoms with Crippen LogP contribution in [0.15, 0.2) is 95.3 Å². The largest absolute Gasteiger partial charge is 0.309 e. The number of aromatic nitrogens is 2. The maximum Gasteiger partial charge on any atom is 0.0645 e. The van der Waals surface area contributed by atoms with Gasteiger partial charge >= 0.3 is 0 Å². The molecule has 27 heavy (non-hydrogen) atoms. The average Bonchev–Trinajstić information content (AvgIpc) is 3.34. The molecule has 0 atom stereocenters. The Hall–Kier alpha value is -3.04. The van der Waals surface area contributed by atoms with Crippen LogP contribution < -0.4 is 0 Å². The van der Waals surface area contributed by atoms with Crippen LogP contribution in [0.2, 0.25) is 0 Å². The molecule has 0 bridgehead atoms. The summed E-state index contributed by atoms with van der Waals surface area (Å²) in [6, 6.07) is 15.8. The molecule has 0 saturated carbocycles. The first-order valence-corrected chi connectivity index (χ1v) is 9.31. The number of hydrogen-bond acceptors (Lipinski definition) is 0. The summed E-state index contributed by atoms with van der Waals surface area (Å²) < 4.78 is 56.4. The van der Waals surface area contributed by atoms with E-state index >= 15 is 0 Å². The van der Waals surface area contributed by atoms with Gasteiger partial charge in [-0.15, -0.1) is 0 Å². The topological polar surface area (TPSA) is 9.86 Å². The molecule has 0 N–H and O–H groups in total. The molecule has 0 amide bonds. The Kier molecular flexibility index (Phi) is 2.10. The number of hydrogen-bond donors (Lipinski definition) is 0. The van der Waals surface area contributed by atoms with Crippen molar-refractivity contribution in [3.05, 3.63) is 95.3 Å². The second kappa shape index (κ2) is 5.48. The molecule has 128 valence electrons. The highest BCUT2D eigenvalue weighted by Gasteiger charge is 2.21. The summed E-state index contributed by atoms with van der Waals surface area (Å²) in [6.45, 7) is 0. The Morgan fingerprint density at radius 3 is 1.70 bits per heavy atom. The number of rotatable bonds is 2. The highest BCUT2D eigenvalue weighted by atomic mass is 79.9. The minimum atomic E-state index is -0.222. The van der Waals surface area contributed by atoms with Crippen molar-refractivity contribution in [2.24, 2.45) is 0 Å². The molecule has 0 saturated heterocycles. The van der Waals surface area contributed by atoms with Gasteiger partial charge in [0.2, 0.25) is 0 Å². The van der Waals surface area contributed by atoms with Gasteiger partial charge in [0, 0.05) is 26.6 Å². The first-order chi connectivity index (χ1) is 15.8. The van der Waals surface area contributed by atoms with Gasteiger partial charge in [-0.2, -0.15) is 0 Å². The molecule has 4 aromatic carbocycles. The number of benzene rings is 4. The van der Waals surface area contributed by atoms with Gasteiger partial charge in [0.15, 0.2) is 0 Å². The van der Waals surface area contributed by atoms with Crippen LogP contribution in [0.5, 0.6) is 0 Å². The zero-order chi connectivity index (χ0) is 23.2. The SMILES string of the molecule is [2H]c1c([2H])c2c3c4c(c([2H])c([2H])c([2H])c4n(-c4cccc(Br)c4)c3c1[2H])n2-c1ccccc1. The molecular weight excluding hydrogens is 396 g/mol. The monoisotopic (exact) mass is 416 g/mol. The fourth-order valence-electron chi connectivity index (χ4n) is 3.85. The van der Waals surface area contributed by atoms with Gasteiger partial charge in [-0.1, -0.05) is 52.3 Å². The van der Waals surface area contributed by atoms with Crippen LogP contribution in [0, 0.1) is 0 Å². The molecule has 0 fully saturated rings. The highest BCUT2D eigenvalue weighted by Crippen LogP contribution is 2.42. The Morgan fingerprint density at radius 2 is 1.15 bits per heavy atom. The molecule has 6 rings (SSSR count). The number of nitrogens with zero attached hydrogens (tertiary/aromatic N) is 2. The van der Waals surface area contributed by atoms with Gasteiger partial charge < -0.3 is 9.13 Å². The van der Waals surface area contributed by atoms with E-state index in [0.29, 0.717) is 44.2 Å². The van der Waals surface area contributed by atoms with E-state index in [1.165, 1.54) is 0 Å². The van der Waals surface area contributed by atoms with Crippen LogP contribution >= 0.6 is 15.9 Å². The number of halogens is 1. The van der Waals surface area contributed by atoms with Crippen molar-refractivity contribution in [1.82, 2.24) is 9.13 Å². The number of para-hydroxylation sites is 1. The minimum Gasteiger partial charge on any atom is -0.309 e. The van der Waals surface area contributed by atoms with E-state index in [9.17, 15) is 0 Å². The van der Waals surface area contributed by atoms with Crippen LogP contribution in [-0.4, -0.2) is 9.13 Å². The fraction of sp³-hybridized carbons (Fsp3) is 0. The van der Waals surface area contributed by atoms with E-state index in [4.69, 9.17) is 8.22 Å². The lowest BCUT2D eigenvalue weighted by Gasteiger charge is -2.12. The molecule has 0 radical (unpaired) electrons. The molecule has 2 nitrogen and oxygen atoms in total. The molecule has 0 spiro atoms. The lowest BCUT2D eigenvalue weighted by Crippen LogP contribution is -1.97. The smallest absolute Gasteiger partial charge is 0.0645 e. The zero-order valence-electron chi connectivity index (χ0n) is 20.0. The second-order valence-corrected chi connectivity index (χ2v) is 7.30. The Bertz CT molecular complexity index is 1650. The first kappa shape index (κ1) is 10.3. The first-order valence-electron chi connectivity index (χ1n) is 11.5. The summed E-state index contributed by atoms with van der Waals surface area (Å²) in [6.07, 6.45) is 0. The van der Waals surface area contributed by atoms with Crippen molar-refractivity contribution >= 4 is 48.8 Å². The van der Waals surface area contributed by atoms with Gasteiger partial charge in [-0.05, 0) is 54.5 Å². The van der Waals surface area contributed by atoms with E-state index in [1.807, 2.05) is 54.6 Å². The van der Waals surface area contributed by atoms with Gasteiger partial charge in [0.05, 0.1) is 30.3 Å². The van der Waals surface area contributed by atoms with Crippen LogP contribution in [0.3, 0.4) is 0 Å². The van der Waals surface area contributed by atoms with Crippen molar-refractivity contribution in [2.45, 2.75) is 0 Å². The molecule has 6 aromatic rings. The van der Waals surface area contributed by atoms with Crippen molar-refractivity contribution in [3.63, 3.8) is 0 Å². The van der Waals surface area contributed by atoms with Crippen molar-refractivity contribution < 1.29 is 8.22 Å². The molecule has 0 aliphatic carbocycles. The van der Waals surface area contributed by atoms with Crippen LogP contribution in [0.25, 0.3) is 44.2 Å². The standard InChI is InChI=1S/C24H15BrN2/c25-16-7-4-10-18(15-16)27-21-13-5-11-19-23(21)24-20(12-6-14-22(24)27)26(19)17-8-2-1-3-9-17/h1-15H/i5D,6D,11D,12D,13D,14D. The third-order valence-corrected chi connectivity index (χ3v) is 5.39. The maximum absolute atomic E-state index is 8.76. The van der Waals surface area contributed by atoms with Gasteiger partial charge in [0.25, 0.3) is 0 Å². The molecule has 0 aliphatic heterocycles. The van der Waals surface area contributed by atoms with Crippen LogP contribution in [0.4, 0.5) is 0 Å². The quantitative estimate of drug-likeness (QED) is 0.289. The second-order valence-electron chi connectivity index (χ2n) is 6.38. The maximum atomic E-state index is 8.76. The summed E-state index contributed by atoms with van der Waals surface area (Å²) >= 11 is 3.48. The molecule has 0 aliphatic rings. The van der Waals surface area contributed by atoms with Crippen molar-refractivity contribution in [3.8, 4) is 11.4 Å². The van der Waals surface area contributed by atoms with E-state index in [1.54, 1.807) is 9.13 Å². The third kappa shape index (κ3) is 2.00. The lowest BCUT2D eigenvalue weighted by atomic mass is 10.2. The molecular formula is C24H15BrN2. The van der Waals surface area contributed by atoms with Gasteiger partial charge in [0.1, 0.15) is 0 Å². The summed E-state index contributed by atoms with van der Waals surface area (Å²) in [4.78, 5) is 0. The summed E-state index contributed by atoms with van der Waals surface area (Å²) in [5.41, 5.74) is 2.98. The van der Waals surface area contributed by atoms with Crippen LogP contribution in [-0.2, 0) is 0 Å². The van der Waals surface area contributed by atoms with E-state index in [0.717, 1.165) is 4.47 Å². The molecule has 2 heterocycles. The normalized spacial score (nSPS) is 15.0. The Labute approximate surface area is 173 Å². The summed E-state index contributed by atoms with van der Waals surface area (Å²) in [5.74, 6) is 0. The average molecular weight is 417 g/mol. The zero-order valence-corrected chi connectivity index (χ0v) is 15.6. The molecule has 2 aromatic heterocycles. The van der Waals surface area contributed by atoms with Gasteiger partial charge in [-0.25, -0.2) is 0 Å². The summed E-state index contributed by atoms with van der Waals surface area (Å²) in [7, 11) is 0. The minimum absolute atomic E-state index is 0.113. The Morgan fingerprint density at radius 1 is 0.630 bits per heavy atom. The van der Waals surface area contributed by atoms with Crippen molar-refractivity contribution in [1.29, 1.82) is 0 Å². The molecule has 3 heteroatoms. The predicted molar refractivity (Wildman–Crippen MR) is 116 cm³/mol. The van der Waals surface area contributed by atoms with E-state index in [-0.39, 0.29) is 36.3 Å². The fourth-order valence-corrected chi connectivity index (χ4v) is 4.24. The Balaban J connectivity index is 2.00. The summed E-state index contributed by atoms with van der Waals surface area (Å²) in [5, 5.41) is 1.13. The lowest BCUT2D eigenvalue weighted by molar-refractivity contribution is 1.15. The van der Waals surface area contributed by atoms with Crippen LogP contribution in [0.1, 0.15) is 8.22 Å². The van der Waals surface area contributed by atoms with Gasteiger partial charge in [-0.3, -0.25) is 0 Å². The predicted octanol–water partition coefficient (Wildman–Crippen LogP) is 6.93. The third-order valence-electron chi connectivity index (χ3n) is 4.90.